The smallest absolute Gasteiger partial charge is 0.158 e. The fourth-order valence-electron chi connectivity index (χ4n) is 4.42. The van der Waals surface area contributed by atoms with E-state index >= 15 is 0 Å². The summed E-state index contributed by atoms with van der Waals surface area (Å²) in [6, 6.07) is 2.43. The zero-order chi connectivity index (χ0) is 19.1. The Morgan fingerprint density at radius 2 is 2.04 bits per heavy atom. The zero-order valence-electron chi connectivity index (χ0n) is 17.1. The monoisotopic (exact) mass is 358 g/mol. The van der Waals surface area contributed by atoms with Gasteiger partial charge < -0.3 is 15.0 Å². The second-order valence-corrected chi connectivity index (χ2v) is 9.19. The quantitative estimate of drug-likeness (QED) is 0.878. The van der Waals surface area contributed by atoms with Crippen molar-refractivity contribution in [3.63, 3.8) is 0 Å². The molecule has 0 aliphatic carbocycles. The number of rotatable bonds is 3. The zero-order valence-corrected chi connectivity index (χ0v) is 17.1. The molecule has 3 atom stereocenters. The Kier molecular flexibility index (Phi) is 5.40. The summed E-state index contributed by atoms with van der Waals surface area (Å²) in [6.07, 6.45) is 5.25. The topological polar surface area (TPSA) is 63.0 Å². The number of aryl methyl sites for hydroxylation is 1. The number of aromatic nitrogens is 3. The van der Waals surface area contributed by atoms with Crippen LogP contribution in [-0.2, 0) is 12.5 Å². The lowest BCUT2D eigenvalue weighted by Gasteiger charge is -2.29. The Morgan fingerprint density at radius 1 is 1.31 bits per heavy atom. The second-order valence-electron chi connectivity index (χ2n) is 9.19. The first-order chi connectivity index (χ1) is 12.2. The summed E-state index contributed by atoms with van der Waals surface area (Å²) >= 11 is 0. The summed E-state index contributed by atoms with van der Waals surface area (Å²) in [7, 11) is 2.08. The molecule has 0 aromatic carbocycles. The van der Waals surface area contributed by atoms with Gasteiger partial charge in [-0.05, 0) is 30.7 Å². The molecule has 3 heterocycles. The number of nitrogens with zero attached hydrogens (tertiary/aromatic N) is 3. The molecule has 1 unspecified atom stereocenters. The van der Waals surface area contributed by atoms with Crippen LogP contribution < -0.4 is 5.32 Å². The maximum Gasteiger partial charge on any atom is 0.158 e. The molecule has 0 saturated carbocycles. The second kappa shape index (κ2) is 7.28. The van der Waals surface area contributed by atoms with Crippen LogP contribution in [0.25, 0.3) is 11.2 Å². The van der Waals surface area contributed by atoms with Crippen LogP contribution in [0.1, 0.15) is 71.3 Å². The van der Waals surface area contributed by atoms with Crippen LogP contribution in [-0.4, -0.2) is 32.3 Å². The molecular formula is C21H34N4O. The first-order valence-corrected chi connectivity index (χ1v) is 9.92. The number of hydrogen-bond donors (Lipinski definition) is 2. The van der Waals surface area contributed by atoms with Crippen molar-refractivity contribution < 1.29 is 5.11 Å². The SMILES string of the molecule is CC(C)[C@@H]1CCCC(c2cnc3cc(C(C)(C)C)n(C)c3n2)N[C@H]1CO. The predicted molar refractivity (Wildman–Crippen MR) is 106 cm³/mol. The molecule has 144 valence electrons. The molecule has 5 nitrogen and oxygen atoms in total. The van der Waals surface area contributed by atoms with Crippen LogP contribution >= 0.6 is 0 Å². The first-order valence-electron chi connectivity index (χ1n) is 9.92. The molecule has 2 aromatic heterocycles. The number of hydrogen-bond acceptors (Lipinski definition) is 4. The van der Waals surface area contributed by atoms with Gasteiger partial charge in [-0.1, -0.05) is 41.0 Å². The van der Waals surface area contributed by atoms with Crippen molar-refractivity contribution in [2.24, 2.45) is 18.9 Å². The molecule has 0 radical (unpaired) electrons. The van der Waals surface area contributed by atoms with Crippen LogP contribution in [0.3, 0.4) is 0 Å². The van der Waals surface area contributed by atoms with Gasteiger partial charge in [0.15, 0.2) is 5.65 Å². The Bertz CT molecular complexity index is 759. The van der Waals surface area contributed by atoms with Gasteiger partial charge >= 0.3 is 0 Å². The van der Waals surface area contributed by atoms with E-state index in [4.69, 9.17) is 9.97 Å². The van der Waals surface area contributed by atoms with Gasteiger partial charge in [-0.25, -0.2) is 4.98 Å². The average molecular weight is 359 g/mol. The summed E-state index contributed by atoms with van der Waals surface area (Å²) in [5, 5.41) is 13.6. The van der Waals surface area contributed by atoms with Gasteiger partial charge in [0, 0.05) is 24.2 Å². The highest BCUT2D eigenvalue weighted by molar-refractivity contribution is 5.73. The Morgan fingerprint density at radius 3 is 2.65 bits per heavy atom. The minimum absolute atomic E-state index is 0.0599. The summed E-state index contributed by atoms with van der Waals surface area (Å²) in [4.78, 5) is 9.67. The van der Waals surface area contributed by atoms with E-state index in [2.05, 4.69) is 57.6 Å². The predicted octanol–water partition coefficient (Wildman–Crippen LogP) is 3.71. The molecule has 2 N–H and O–H groups in total. The van der Waals surface area contributed by atoms with Crippen LogP contribution in [0.15, 0.2) is 12.3 Å². The average Bonchev–Trinajstić information content (AvgIpc) is 2.78. The van der Waals surface area contributed by atoms with Crippen molar-refractivity contribution in [2.75, 3.05) is 6.61 Å². The number of aliphatic hydroxyl groups is 1. The molecule has 2 aromatic rings. The molecule has 26 heavy (non-hydrogen) atoms. The van der Waals surface area contributed by atoms with Crippen LogP contribution in [0, 0.1) is 11.8 Å². The molecule has 1 aliphatic heterocycles. The van der Waals surface area contributed by atoms with E-state index < -0.39 is 0 Å². The van der Waals surface area contributed by atoms with Crippen molar-refractivity contribution in [3.8, 4) is 0 Å². The van der Waals surface area contributed by atoms with E-state index in [9.17, 15) is 5.11 Å². The molecule has 0 bridgehead atoms. The van der Waals surface area contributed by atoms with Gasteiger partial charge in [0.1, 0.15) is 5.52 Å². The minimum atomic E-state index is 0.0599. The lowest BCUT2D eigenvalue weighted by molar-refractivity contribution is 0.166. The largest absolute Gasteiger partial charge is 0.395 e. The lowest BCUT2D eigenvalue weighted by atomic mass is 9.85. The van der Waals surface area contributed by atoms with Gasteiger partial charge in [0.05, 0.1) is 24.5 Å². The van der Waals surface area contributed by atoms with E-state index in [1.54, 1.807) is 0 Å². The van der Waals surface area contributed by atoms with E-state index in [1.807, 2.05) is 6.20 Å². The van der Waals surface area contributed by atoms with Crippen molar-refractivity contribution >= 4 is 11.2 Å². The molecule has 1 aliphatic rings. The van der Waals surface area contributed by atoms with E-state index in [1.165, 1.54) is 5.69 Å². The highest BCUT2D eigenvalue weighted by Crippen LogP contribution is 2.32. The van der Waals surface area contributed by atoms with Crippen molar-refractivity contribution in [1.29, 1.82) is 0 Å². The summed E-state index contributed by atoms with van der Waals surface area (Å²) < 4.78 is 2.17. The minimum Gasteiger partial charge on any atom is -0.395 e. The van der Waals surface area contributed by atoms with Crippen molar-refractivity contribution in [2.45, 2.75) is 71.4 Å². The Hall–Kier alpha value is -1.46. The van der Waals surface area contributed by atoms with Crippen LogP contribution in [0.5, 0.6) is 0 Å². The standard InChI is InChI=1S/C21H34N4O/c1-13(2)14-8-7-9-15(23-18(14)12-26)17-11-22-16-10-19(21(3,4)5)25(6)20(16)24-17/h10-11,13-15,18,23,26H,7-9,12H2,1-6H3/t14-,15?,18-/m0/s1. The third kappa shape index (κ3) is 3.65. The number of aliphatic hydroxyl groups excluding tert-OH is 1. The Balaban J connectivity index is 1.93. The fourth-order valence-corrected chi connectivity index (χ4v) is 4.42. The highest BCUT2D eigenvalue weighted by atomic mass is 16.3. The summed E-state index contributed by atoms with van der Waals surface area (Å²) in [5.41, 5.74) is 4.19. The molecule has 0 amide bonds. The lowest BCUT2D eigenvalue weighted by Crippen LogP contribution is -2.41. The van der Waals surface area contributed by atoms with E-state index in [-0.39, 0.29) is 24.1 Å². The van der Waals surface area contributed by atoms with Gasteiger partial charge in [0.2, 0.25) is 0 Å². The third-order valence-electron chi connectivity index (χ3n) is 5.89. The van der Waals surface area contributed by atoms with Gasteiger partial charge in [-0.2, -0.15) is 0 Å². The van der Waals surface area contributed by atoms with Crippen LogP contribution in [0.4, 0.5) is 0 Å². The number of nitrogens with one attached hydrogen (secondary N) is 1. The maximum absolute atomic E-state index is 9.91. The summed E-state index contributed by atoms with van der Waals surface area (Å²) in [5.74, 6) is 1.07. The summed E-state index contributed by atoms with van der Waals surface area (Å²) in [6.45, 7) is 11.3. The van der Waals surface area contributed by atoms with E-state index in [0.717, 1.165) is 36.1 Å². The maximum atomic E-state index is 9.91. The Labute approximate surface area is 157 Å². The number of fused-ring (bicyclic) bond motifs is 1. The van der Waals surface area contributed by atoms with Crippen molar-refractivity contribution in [1.82, 2.24) is 19.9 Å². The van der Waals surface area contributed by atoms with E-state index in [0.29, 0.717) is 11.8 Å². The third-order valence-corrected chi connectivity index (χ3v) is 5.89. The molecule has 1 saturated heterocycles. The molecule has 5 heteroatoms. The van der Waals surface area contributed by atoms with Crippen molar-refractivity contribution in [3.05, 3.63) is 23.7 Å². The van der Waals surface area contributed by atoms with Gasteiger partial charge in [-0.3, -0.25) is 4.98 Å². The van der Waals surface area contributed by atoms with Gasteiger partial charge in [0.25, 0.3) is 0 Å². The molecular weight excluding hydrogens is 324 g/mol. The molecule has 3 rings (SSSR count). The van der Waals surface area contributed by atoms with Gasteiger partial charge in [-0.15, -0.1) is 0 Å². The molecule has 1 fully saturated rings. The van der Waals surface area contributed by atoms with Crippen LogP contribution in [0.2, 0.25) is 0 Å². The highest BCUT2D eigenvalue weighted by Gasteiger charge is 2.30. The fraction of sp³-hybridized carbons (Fsp3) is 0.714. The normalized spacial score (nSPS) is 25.0. The first kappa shape index (κ1) is 19.3. The molecule has 0 spiro atoms.